The number of anilines is 1. The summed E-state index contributed by atoms with van der Waals surface area (Å²) in [4.78, 5) is 30.5. The highest BCUT2D eigenvalue weighted by molar-refractivity contribution is 7.14. The highest BCUT2D eigenvalue weighted by Gasteiger charge is 2.15. The lowest BCUT2D eigenvalue weighted by molar-refractivity contribution is 0.103. The highest BCUT2D eigenvalue weighted by Crippen LogP contribution is 2.25. The second-order valence-electron chi connectivity index (χ2n) is 4.33. The second-order valence-corrected chi connectivity index (χ2v) is 6.17. The molecular formula is C14H11N3O2S2. The molecule has 0 bridgehead atoms. The Morgan fingerprint density at radius 2 is 2.05 bits per heavy atom. The molecule has 0 saturated heterocycles. The van der Waals surface area contributed by atoms with E-state index >= 15 is 0 Å². The summed E-state index contributed by atoms with van der Waals surface area (Å²) < 4.78 is 0. The molecule has 2 aromatic heterocycles. The Kier molecular flexibility index (Phi) is 3.68. The van der Waals surface area contributed by atoms with E-state index in [4.69, 9.17) is 0 Å². The van der Waals surface area contributed by atoms with E-state index in [9.17, 15) is 9.59 Å². The molecule has 1 aromatic carbocycles. The van der Waals surface area contributed by atoms with Crippen molar-refractivity contribution in [3.63, 3.8) is 0 Å². The van der Waals surface area contributed by atoms with Gasteiger partial charge in [-0.3, -0.25) is 14.9 Å². The zero-order valence-electron chi connectivity index (χ0n) is 11.0. The minimum Gasteiger partial charge on any atom is -0.316 e. The second kappa shape index (κ2) is 5.63. The first-order valence-electron chi connectivity index (χ1n) is 6.15. The highest BCUT2D eigenvalue weighted by atomic mass is 32.1. The first kappa shape index (κ1) is 13.7. The van der Waals surface area contributed by atoms with Crippen molar-refractivity contribution in [2.75, 3.05) is 5.32 Å². The van der Waals surface area contributed by atoms with Gasteiger partial charge in [0.15, 0.2) is 5.13 Å². The van der Waals surface area contributed by atoms with Crippen LogP contribution in [0.4, 0.5) is 5.13 Å². The molecule has 0 saturated carbocycles. The zero-order valence-corrected chi connectivity index (χ0v) is 12.7. The van der Waals surface area contributed by atoms with Crippen LogP contribution in [0.3, 0.4) is 0 Å². The van der Waals surface area contributed by atoms with Crippen LogP contribution in [0.15, 0.2) is 40.5 Å². The van der Waals surface area contributed by atoms with Crippen molar-refractivity contribution >= 4 is 33.7 Å². The van der Waals surface area contributed by atoms with E-state index < -0.39 is 0 Å². The largest absolute Gasteiger partial charge is 0.316 e. The Bertz CT molecular complexity index is 833. The summed E-state index contributed by atoms with van der Waals surface area (Å²) in [6, 6.07) is 9.74. The summed E-state index contributed by atoms with van der Waals surface area (Å²) in [6.45, 7) is 1.70. The van der Waals surface area contributed by atoms with Gasteiger partial charge in [0.2, 0.25) is 0 Å². The predicted molar refractivity (Wildman–Crippen MR) is 85.2 cm³/mol. The van der Waals surface area contributed by atoms with E-state index in [1.165, 1.54) is 11.3 Å². The molecule has 0 aliphatic rings. The number of benzene rings is 1. The average Bonchev–Trinajstić information content (AvgIpc) is 3.06. The van der Waals surface area contributed by atoms with Gasteiger partial charge >= 0.3 is 4.87 Å². The quantitative estimate of drug-likeness (QED) is 0.779. The lowest BCUT2D eigenvalue weighted by Crippen LogP contribution is -2.11. The molecule has 2 N–H and O–H groups in total. The number of aromatic amines is 1. The Labute approximate surface area is 128 Å². The van der Waals surface area contributed by atoms with Crippen LogP contribution in [0, 0.1) is 6.92 Å². The van der Waals surface area contributed by atoms with Crippen LogP contribution < -0.4 is 10.2 Å². The number of hydrogen-bond donors (Lipinski definition) is 2. The summed E-state index contributed by atoms with van der Waals surface area (Å²) in [7, 11) is 0. The number of carbonyl (C=O) groups excluding carboxylic acids is 1. The van der Waals surface area contributed by atoms with E-state index in [0.29, 0.717) is 15.7 Å². The fourth-order valence-electron chi connectivity index (χ4n) is 1.85. The van der Waals surface area contributed by atoms with Crippen LogP contribution in [-0.4, -0.2) is 15.9 Å². The Hall–Kier alpha value is -2.25. The third-order valence-electron chi connectivity index (χ3n) is 2.83. The van der Waals surface area contributed by atoms with Gasteiger partial charge in [-0.15, -0.1) is 11.3 Å². The molecule has 106 valence electrons. The third kappa shape index (κ3) is 2.93. The SMILES string of the molecule is Cc1[nH]c(=O)sc1C(=O)Nc1nc(-c2ccccc2)cs1. The molecule has 0 atom stereocenters. The van der Waals surface area contributed by atoms with Gasteiger partial charge in [-0.2, -0.15) is 0 Å². The van der Waals surface area contributed by atoms with Gasteiger partial charge in [-0.1, -0.05) is 41.7 Å². The lowest BCUT2D eigenvalue weighted by atomic mass is 10.2. The molecule has 0 unspecified atom stereocenters. The minimum absolute atomic E-state index is 0.234. The van der Waals surface area contributed by atoms with Crippen molar-refractivity contribution in [2.24, 2.45) is 0 Å². The maximum Gasteiger partial charge on any atom is 0.305 e. The summed E-state index contributed by atoms with van der Waals surface area (Å²) >= 11 is 2.25. The van der Waals surface area contributed by atoms with Crippen molar-refractivity contribution in [1.82, 2.24) is 9.97 Å². The number of rotatable bonds is 3. The number of hydrogen-bond acceptors (Lipinski definition) is 5. The molecule has 21 heavy (non-hydrogen) atoms. The number of nitrogens with one attached hydrogen (secondary N) is 2. The van der Waals surface area contributed by atoms with Crippen molar-refractivity contribution in [1.29, 1.82) is 0 Å². The monoisotopic (exact) mass is 317 g/mol. The van der Waals surface area contributed by atoms with E-state index in [1.54, 1.807) is 6.92 Å². The smallest absolute Gasteiger partial charge is 0.305 e. The van der Waals surface area contributed by atoms with E-state index in [1.807, 2.05) is 35.7 Å². The Morgan fingerprint density at radius 3 is 2.71 bits per heavy atom. The van der Waals surface area contributed by atoms with Gasteiger partial charge in [0, 0.05) is 16.6 Å². The van der Waals surface area contributed by atoms with E-state index in [-0.39, 0.29) is 10.8 Å². The van der Waals surface area contributed by atoms with Crippen LogP contribution in [0.5, 0.6) is 0 Å². The van der Waals surface area contributed by atoms with Gasteiger partial charge in [0.25, 0.3) is 5.91 Å². The van der Waals surface area contributed by atoms with Crippen LogP contribution in [0.1, 0.15) is 15.4 Å². The van der Waals surface area contributed by atoms with Crippen molar-refractivity contribution in [2.45, 2.75) is 6.92 Å². The van der Waals surface area contributed by atoms with E-state index in [2.05, 4.69) is 15.3 Å². The normalized spacial score (nSPS) is 10.5. The first-order valence-corrected chi connectivity index (χ1v) is 7.85. The van der Waals surface area contributed by atoms with E-state index in [0.717, 1.165) is 22.6 Å². The predicted octanol–water partition coefficient (Wildman–Crippen LogP) is 3.12. The maximum absolute atomic E-state index is 12.1. The van der Waals surface area contributed by atoms with Crippen LogP contribution in [0.25, 0.3) is 11.3 Å². The van der Waals surface area contributed by atoms with Gasteiger partial charge in [0.1, 0.15) is 4.88 Å². The molecule has 0 aliphatic carbocycles. The third-order valence-corrected chi connectivity index (χ3v) is 4.57. The fraction of sp³-hybridized carbons (Fsp3) is 0.0714. The van der Waals surface area contributed by atoms with Crippen LogP contribution in [-0.2, 0) is 0 Å². The van der Waals surface area contributed by atoms with Gasteiger partial charge in [0.05, 0.1) is 5.69 Å². The average molecular weight is 317 g/mol. The number of nitrogens with zero attached hydrogens (tertiary/aromatic N) is 1. The number of aryl methyl sites for hydroxylation is 1. The molecule has 0 spiro atoms. The summed E-state index contributed by atoms with van der Waals surface area (Å²) in [5.41, 5.74) is 2.38. The van der Waals surface area contributed by atoms with Crippen molar-refractivity contribution in [3.8, 4) is 11.3 Å². The standard InChI is InChI=1S/C14H11N3O2S2/c1-8-11(21-14(19)15-8)12(18)17-13-16-10(7-20-13)9-5-3-2-4-6-9/h2-7H,1H3,(H,15,19)(H,16,17,18). The molecule has 3 rings (SSSR count). The number of amides is 1. The molecule has 0 aliphatic heterocycles. The maximum atomic E-state index is 12.1. The molecular weight excluding hydrogens is 306 g/mol. The number of H-pyrrole nitrogens is 1. The Balaban J connectivity index is 1.80. The topological polar surface area (TPSA) is 74.8 Å². The number of carbonyl (C=O) groups is 1. The molecule has 5 nitrogen and oxygen atoms in total. The fourth-order valence-corrected chi connectivity index (χ4v) is 3.30. The molecule has 0 fully saturated rings. The van der Waals surface area contributed by atoms with Gasteiger partial charge < -0.3 is 4.98 Å². The van der Waals surface area contributed by atoms with Gasteiger partial charge in [-0.05, 0) is 6.92 Å². The number of aromatic nitrogens is 2. The number of thiazole rings is 2. The van der Waals surface area contributed by atoms with Crippen molar-refractivity contribution in [3.05, 3.63) is 56.0 Å². The molecule has 3 aromatic rings. The van der Waals surface area contributed by atoms with Gasteiger partial charge in [-0.25, -0.2) is 4.98 Å². The molecule has 1 amide bonds. The first-order chi connectivity index (χ1) is 10.1. The molecule has 2 heterocycles. The summed E-state index contributed by atoms with van der Waals surface area (Å²) in [5, 5.41) is 5.12. The summed E-state index contributed by atoms with van der Waals surface area (Å²) in [6.07, 6.45) is 0. The summed E-state index contributed by atoms with van der Waals surface area (Å²) in [5.74, 6) is -0.315. The molecule has 7 heteroatoms. The Morgan fingerprint density at radius 1 is 1.29 bits per heavy atom. The molecule has 0 radical (unpaired) electrons. The zero-order chi connectivity index (χ0) is 14.8. The van der Waals surface area contributed by atoms with Crippen molar-refractivity contribution < 1.29 is 4.79 Å². The lowest BCUT2D eigenvalue weighted by Gasteiger charge is -1.99. The minimum atomic E-state index is -0.315. The van der Waals surface area contributed by atoms with Crippen LogP contribution >= 0.6 is 22.7 Å². The van der Waals surface area contributed by atoms with Crippen LogP contribution in [0.2, 0.25) is 0 Å².